The Morgan fingerprint density at radius 2 is 1.69 bits per heavy atom. The van der Waals surface area contributed by atoms with E-state index in [2.05, 4.69) is 5.32 Å². The zero-order chi connectivity index (χ0) is 23.8. The van der Waals surface area contributed by atoms with Crippen LogP contribution < -0.4 is 10.9 Å². The van der Waals surface area contributed by atoms with E-state index >= 15 is 0 Å². The Bertz CT molecular complexity index is 1400. The lowest BCUT2D eigenvalue weighted by atomic mass is 10.1. The average molecular weight is 477 g/mol. The van der Waals surface area contributed by atoms with E-state index in [1.165, 1.54) is 24.3 Å². The van der Waals surface area contributed by atoms with Gasteiger partial charge in [-0.25, -0.2) is 12.8 Å². The first kappa shape index (κ1) is 23.7. The molecule has 0 fully saturated rings. The van der Waals surface area contributed by atoms with Gasteiger partial charge in [-0.05, 0) is 80.8 Å². The highest BCUT2D eigenvalue weighted by Crippen LogP contribution is 2.24. The van der Waals surface area contributed by atoms with E-state index in [0.29, 0.717) is 11.3 Å². The number of hydrogen-bond donors (Lipinski definition) is 1. The number of carbonyl (C=O) groups excluding carboxylic acids is 1. The molecule has 3 aromatic rings. The number of nitrogens with one attached hydrogen (secondary N) is 1. The third-order valence-corrected chi connectivity index (χ3v) is 7.41. The molecule has 0 atom stereocenters. The van der Waals surface area contributed by atoms with Gasteiger partial charge in [0.2, 0.25) is 15.7 Å². The SMILES string of the molecule is Cc1ccc(S(=O)(=O)c2c(C)cc(C)n(CC(=O)Nc3ccc(F)c(Cl)c3)c2=O)cc1C. The highest BCUT2D eigenvalue weighted by Gasteiger charge is 2.26. The quantitative estimate of drug-likeness (QED) is 0.593. The van der Waals surface area contributed by atoms with Crippen molar-refractivity contribution in [2.45, 2.75) is 44.0 Å². The number of hydrogen-bond acceptors (Lipinski definition) is 4. The number of benzene rings is 2. The molecule has 2 aromatic carbocycles. The minimum Gasteiger partial charge on any atom is -0.324 e. The number of halogens is 2. The molecule has 0 spiro atoms. The van der Waals surface area contributed by atoms with Crippen LogP contribution in [0.15, 0.2) is 57.1 Å². The van der Waals surface area contributed by atoms with Gasteiger partial charge in [0.25, 0.3) is 5.56 Å². The van der Waals surface area contributed by atoms with Gasteiger partial charge in [0, 0.05) is 11.4 Å². The molecule has 32 heavy (non-hydrogen) atoms. The summed E-state index contributed by atoms with van der Waals surface area (Å²) in [6.45, 7) is 6.40. The van der Waals surface area contributed by atoms with Crippen molar-refractivity contribution in [3.05, 3.63) is 86.0 Å². The molecule has 9 heteroatoms. The lowest BCUT2D eigenvalue weighted by Crippen LogP contribution is -2.33. The fraction of sp³-hybridized carbons (Fsp3) is 0.217. The average Bonchev–Trinajstić information content (AvgIpc) is 2.69. The van der Waals surface area contributed by atoms with Crippen LogP contribution in [0.2, 0.25) is 5.02 Å². The summed E-state index contributed by atoms with van der Waals surface area (Å²) in [5, 5.41) is 2.37. The summed E-state index contributed by atoms with van der Waals surface area (Å²) < 4.78 is 41.0. The Balaban J connectivity index is 2.01. The molecular formula is C23H22ClFN2O4S. The van der Waals surface area contributed by atoms with Crippen molar-refractivity contribution in [1.82, 2.24) is 4.57 Å². The van der Waals surface area contributed by atoms with Gasteiger partial charge in [-0.1, -0.05) is 17.7 Å². The van der Waals surface area contributed by atoms with Crippen molar-refractivity contribution in [3.8, 4) is 0 Å². The first-order chi connectivity index (χ1) is 14.9. The second kappa shape index (κ2) is 8.88. The number of carbonyl (C=O) groups is 1. The zero-order valence-corrected chi connectivity index (χ0v) is 19.6. The molecule has 0 bridgehead atoms. The topological polar surface area (TPSA) is 85.2 Å². The lowest BCUT2D eigenvalue weighted by Gasteiger charge is -2.15. The summed E-state index contributed by atoms with van der Waals surface area (Å²) in [4.78, 5) is 25.4. The Morgan fingerprint density at radius 3 is 2.31 bits per heavy atom. The first-order valence-corrected chi connectivity index (χ1v) is 11.6. The molecule has 0 aliphatic heterocycles. The van der Waals surface area contributed by atoms with Gasteiger partial charge in [-0.2, -0.15) is 0 Å². The Labute approximate surface area is 190 Å². The van der Waals surface area contributed by atoms with Gasteiger partial charge in [0.1, 0.15) is 17.3 Å². The number of amides is 1. The number of nitrogens with zero attached hydrogens (tertiary/aromatic N) is 1. The van der Waals surface area contributed by atoms with Gasteiger partial charge in [-0.3, -0.25) is 9.59 Å². The fourth-order valence-electron chi connectivity index (χ4n) is 3.35. The van der Waals surface area contributed by atoms with Gasteiger partial charge >= 0.3 is 0 Å². The fourth-order valence-corrected chi connectivity index (χ4v) is 5.17. The molecule has 0 unspecified atom stereocenters. The summed E-state index contributed by atoms with van der Waals surface area (Å²) >= 11 is 5.73. The lowest BCUT2D eigenvalue weighted by molar-refractivity contribution is -0.116. The number of aromatic nitrogens is 1. The van der Waals surface area contributed by atoms with E-state index in [1.807, 2.05) is 6.92 Å². The van der Waals surface area contributed by atoms with Crippen LogP contribution in [0.3, 0.4) is 0 Å². The number of anilines is 1. The van der Waals surface area contributed by atoms with Crippen LogP contribution in [0.25, 0.3) is 0 Å². The molecular weight excluding hydrogens is 455 g/mol. The van der Waals surface area contributed by atoms with Gasteiger partial charge in [-0.15, -0.1) is 0 Å². The Morgan fingerprint density at radius 1 is 1.00 bits per heavy atom. The van der Waals surface area contributed by atoms with E-state index in [-0.39, 0.29) is 20.5 Å². The summed E-state index contributed by atoms with van der Waals surface area (Å²) in [5.41, 5.74) is 1.91. The molecule has 168 valence electrons. The zero-order valence-electron chi connectivity index (χ0n) is 18.0. The molecule has 0 aliphatic rings. The second-order valence-corrected chi connectivity index (χ2v) is 9.91. The van der Waals surface area contributed by atoms with E-state index in [9.17, 15) is 22.4 Å². The largest absolute Gasteiger partial charge is 0.324 e. The Kier molecular flexibility index (Phi) is 6.57. The number of sulfone groups is 1. The van der Waals surface area contributed by atoms with Crippen molar-refractivity contribution in [2.24, 2.45) is 0 Å². The molecule has 0 saturated carbocycles. The maximum atomic E-state index is 13.3. The third-order valence-electron chi connectivity index (χ3n) is 5.21. The predicted molar refractivity (Wildman–Crippen MR) is 122 cm³/mol. The van der Waals surface area contributed by atoms with Crippen LogP contribution >= 0.6 is 11.6 Å². The number of aryl methyl sites for hydroxylation is 4. The second-order valence-electron chi connectivity index (χ2n) is 7.62. The van der Waals surface area contributed by atoms with Gasteiger partial charge in [0.15, 0.2) is 0 Å². The van der Waals surface area contributed by atoms with Crippen LogP contribution in [0.4, 0.5) is 10.1 Å². The Hall–Kier alpha value is -2.97. The highest BCUT2D eigenvalue weighted by atomic mass is 35.5. The smallest absolute Gasteiger partial charge is 0.270 e. The van der Waals surface area contributed by atoms with E-state index in [0.717, 1.165) is 21.8 Å². The van der Waals surface area contributed by atoms with Crippen LogP contribution in [0.5, 0.6) is 0 Å². The minimum absolute atomic E-state index is 0.0154. The molecule has 1 heterocycles. The summed E-state index contributed by atoms with van der Waals surface area (Å²) in [7, 11) is -4.11. The van der Waals surface area contributed by atoms with Crippen LogP contribution in [-0.2, 0) is 21.2 Å². The maximum Gasteiger partial charge on any atom is 0.270 e. The van der Waals surface area contributed by atoms with E-state index < -0.39 is 33.7 Å². The number of rotatable bonds is 5. The van der Waals surface area contributed by atoms with Crippen molar-refractivity contribution in [2.75, 3.05) is 5.32 Å². The predicted octanol–water partition coefficient (Wildman–Crippen LogP) is 4.35. The van der Waals surface area contributed by atoms with Crippen LogP contribution in [0, 0.1) is 33.5 Å². The third kappa shape index (κ3) is 4.61. The normalized spacial score (nSPS) is 11.4. The molecule has 0 aliphatic carbocycles. The van der Waals surface area contributed by atoms with Crippen LogP contribution in [-0.4, -0.2) is 18.9 Å². The monoisotopic (exact) mass is 476 g/mol. The summed E-state index contributed by atoms with van der Waals surface area (Å²) in [5.74, 6) is -1.22. The van der Waals surface area contributed by atoms with Crippen LogP contribution in [0.1, 0.15) is 22.4 Å². The van der Waals surface area contributed by atoms with Gasteiger partial charge in [0.05, 0.1) is 9.92 Å². The summed E-state index contributed by atoms with van der Waals surface area (Å²) in [6, 6.07) is 9.91. The van der Waals surface area contributed by atoms with E-state index in [4.69, 9.17) is 11.6 Å². The molecule has 0 radical (unpaired) electrons. The highest BCUT2D eigenvalue weighted by molar-refractivity contribution is 7.91. The molecule has 1 N–H and O–H groups in total. The molecule has 6 nitrogen and oxygen atoms in total. The first-order valence-electron chi connectivity index (χ1n) is 9.70. The molecule has 3 rings (SSSR count). The minimum atomic E-state index is -4.11. The molecule has 0 saturated heterocycles. The molecule has 1 amide bonds. The van der Waals surface area contributed by atoms with Crippen molar-refractivity contribution in [3.63, 3.8) is 0 Å². The summed E-state index contributed by atoms with van der Waals surface area (Å²) in [6.07, 6.45) is 0. The number of pyridine rings is 1. The maximum absolute atomic E-state index is 13.3. The molecule has 1 aromatic heterocycles. The van der Waals surface area contributed by atoms with Crippen molar-refractivity contribution >= 4 is 33.0 Å². The van der Waals surface area contributed by atoms with Crippen molar-refractivity contribution in [1.29, 1.82) is 0 Å². The van der Waals surface area contributed by atoms with Gasteiger partial charge < -0.3 is 9.88 Å². The van der Waals surface area contributed by atoms with Crippen molar-refractivity contribution < 1.29 is 17.6 Å². The van der Waals surface area contributed by atoms with E-state index in [1.54, 1.807) is 32.9 Å². The standard InChI is InChI=1S/C23H22ClFN2O4S/c1-13-5-7-18(10-14(13)2)32(30,31)22-15(3)9-16(4)27(23(22)29)12-21(28)26-17-6-8-20(25)19(24)11-17/h5-11H,12H2,1-4H3,(H,26,28).